The molecular weight excluding hydrogens is 590 g/mol. The Bertz CT molecular complexity index is 1330. The second kappa shape index (κ2) is 12.2. The van der Waals surface area contributed by atoms with E-state index in [0.29, 0.717) is 0 Å². The van der Waals surface area contributed by atoms with E-state index in [0.717, 1.165) is 11.1 Å². The summed E-state index contributed by atoms with van der Waals surface area (Å²) in [7, 11) is 0. The maximum absolute atomic E-state index is 12.7. The number of fused-ring (bicyclic) bond motifs is 4. The van der Waals surface area contributed by atoms with Crippen molar-refractivity contribution in [1.82, 2.24) is 0 Å². The van der Waals surface area contributed by atoms with Crippen molar-refractivity contribution >= 4 is 0 Å². The maximum atomic E-state index is 12.7. The standard InChI is InChI=1S/C32H39NO12/c1-31(2)42-24-21(40-30-27(26(24)43-31)44-32(3,4)45-30)17-38-29-22(33(34)35)25(36-15-18-11-7-5-8-12-18)23-20(39-29)16-37-28(41-23)19-13-9-6-10-14-19/h5-14,20-30H,15-17H2,1-4H3/t20-,21-,22-,23-,24+,25-,26+,27-,28?,29+,30-/m1/s1. The van der Waals surface area contributed by atoms with E-state index >= 15 is 0 Å². The van der Waals surface area contributed by atoms with Crippen LogP contribution in [0.3, 0.4) is 0 Å². The SMILES string of the molecule is CC1(C)O[C@H]2[C@@H](O1)[C@@H](CO[C@H]1O[C@@H]3COC(c4ccccc4)O[C@H]3[C@H](OCc3ccccc3)[C@H]1[N+](=O)[O-])O[C@@H]1OC(C)(C)O[C@@H]12. The summed E-state index contributed by atoms with van der Waals surface area (Å²) in [6.45, 7) is 7.39. The summed E-state index contributed by atoms with van der Waals surface area (Å²) in [5.41, 5.74) is 1.66. The van der Waals surface area contributed by atoms with Crippen molar-refractivity contribution in [1.29, 1.82) is 0 Å². The van der Waals surface area contributed by atoms with E-state index in [1.54, 1.807) is 13.8 Å². The van der Waals surface area contributed by atoms with Gasteiger partial charge in [0, 0.05) is 10.5 Å². The van der Waals surface area contributed by atoms with E-state index in [2.05, 4.69) is 0 Å². The van der Waals surface area contributed by atoms with Crippen molar-refractivity contribution in [2.75, 3.05) is 13.2 Å². The quantitative estimate of drug-likeness (QED) is 0.313. The topological polar surface area (TPSA) is 135 Å². The van der Waals surface area contributed by atoms with Gasteiger partial charge < -0.3 is 47.4 Å². The van der Waals surface area contributed by atoms with Gasteiger partial charge in [0.15, 0.2) is 30.3 Å². The number of ether oxygens (including phenoxy) is 10. The molecule has 5 heterocycles. The molecular formula is C32H39NO12. The predicted octanol–water partition coefficient (Wildman–Crippen LogP) is 3.47. The zero-order valence-corrected chi connectivity index (χ0v) is 25.6. The molecule has 1 unspecified atom stereocenters. The van der Waals surface area contributed by atoms with Crippen LogP contribution >= 0.6 is 0 Å². The van der Waals surface area contributed by atoms with Crippen LogP contribution in [-0.2, 0) is 54.0 Å². The Morgan fingerprint density at radius 2 is 1.47 bits per heavy atom. The van der Waals surface area contributed by atoms with Crippen molar-refractivity contribution in [3.05, 3.63) is 81.9 Å². The Labute approximate surface area is 261 Å². The number of hydrogen-bond acceptors (Lipinski definition) is 12. The summed E-state index contributed by atoms with van der Waals surface area (Å²) >= 11 is 0. The van der Waals surface area contributed by atoms with Crippen LogP contribution in [0.15, 0.2) is 60.7 Å². The minimum Gasteiger partial charge on any atom is -0.363 e. The van der Waals surface area contributed by atoms with Gasteiger partial charge in [-0.2, -0.15) is 0 Å². The highest BCUT2D eigenvalue weighted by atomic mass is 16.9. The second-order valence-corrected chi connectivity index (χ2v) is 12.8. The van der Waals surface area contributed by atoms with Crippen molar-refractivity contribution < 1.29 is 52.3 Å². The molecule has 0 amide bonds. The van der Waals surface area contributed by atoms with E-state index < -0.39 is 84.1 Å². The van der Waals surface area contributed by atoms with Crippen LogP contribution in [-0.4, -0.2) is 91.1 Å². The molecule has 2 aromatic rings. The lowest BCUT2D eigenvalue weighted by Crippen LogP contribution is -2.65. The third-order valence-electron chi connectivity index (χ3n) is 8.58. The summed E-state index contributed by atoms with van der Waals surface area (Å²) in [4.78, 5) is 12.3. The molecule has 2 aromatic carbocycles. The van der Waals surface area contributed by atoms with E-state index in [1.807, 2.05) is 74.5 Å². The monoisotopic (exact) mass is 629 g/mol. The molecule has 0 aliphatic carbocycles. The number of nitro groups is 1. The Morgan fingerprint density at radius 3 is 2.20 bits per heavy atom. The molecule has 0 aromatic heterocycles. The van der Waals surface area contributed by atoms with Crippen LogP contribution < -0.4 is 0 Å². The molecule has 13 nitrogen and oxygen atoms in total. The smallest absolute Gasteiger partial charge is 0.291 e. The van der Waals surface area contributed by atoms with E-state index in [1.165, 1.54) is 0 Å². The fraction of sp³-hybridized carbons (Fsp3) is 0.625. The van der Waals surface area contributed by atoms with Crippen LogP contribution in [0.5, 0.6) is 0 Å². The van der Waals surface area contributed by atoms with Crippen LogP contribution in [0.4, 0.5) is 0 Å². The van der Waals surface area contributed by atoms with Gasteiger partial charge in [0.1, 0.15) is 36.6 Å². The molecule has 0 saturated carbocycles. The number of benzene rings is 2. The first kappa shape index (κ1) is 31.1. The van der Waals surface area contributed by atoms with Crippen LogP contribution in [0.1, 0.15) is 45.1 Å². The van der Waals surface area contributed by atoms with Gasteiger partial charge in [-0.05, 0) is 33.3 Å². The molecule has 11 atom stereocenters. The lowest BCUT2D eigenvalue weighted by atomic mass is 9.95. The van der Waals surface area contributed by atoms with Crippen molar-refractivity contribution in [2.45, 2.75) is 114 Å². The van der Waals surface area contributed by atoms with Gasteiger partial charge in [-0.15, -0.1) is 0 Å². The summed E-state index contributed by atoms with van der Waals surface area (Å²) in [5, 5.41) is 12.7. The Morgan fingerprint density at radius 1 is 0.800 bits per heavy atom. The maximum Gasteiger partial charge on any atom is 0.291 e. The molecule has 7 rings (SSSR count). The van der Waals surface area contributed by atoms with Crippen molar-refractivity contribution in [3.63, 3.8) is 0 Å². The number of nitrogens with zero attached hydrogens (tertiary/aromatic N) is 1. The molecule has 244 valence electrons. The highest BCUT2D eigenvalue weighted by molar-refractivity contribution is 5.17. The molecule has 5 aliphatic heterocycles. The zero-order valence-electron chi connectivity index (χ0n) is 25.6. The van der Waals surface area contributed by atoms with Gasteiger partial charge in [0.2, 0.25) is 6.29 Å². The summed E-state index contributed by atoms with van der Waals surface area (Å²) < 4.78 is 61.8. The molecule has 45 heavy (non-hydrogen) atoms. The van der Waals surface area contributed by atoms with Crippen LogP contribution in [0.2, 0.25) is 0 Å². The van der Waals surface area contributed by atoms with Gasteiger partial charge in [-0.1, -0.05) is 60.7 Å². The number of rotatable bonds is 8. The van der Waals surface area contributed by atoms with Crippen LogP contribution in [0, 0.1) is 10.1 Å². The first-order chi connectivity index (χ1) is 21.6. The summed E-state index contributed by atoms with van der Waals surface area (Å²) in [6, 6.07) is 17.5. The van der Waals surface area contributed by atoms with Gasteiger partial charge in [-0.3, -0.25) is 10.1 Å². The molecule has 5 aliphatic rings. The zero-order chi connectivity index (χ0) is 31.3. The first-order valence-corrected chi connectivity index (χ1v) is 15.3. The van der Waals surface area contributed by atoms with Gasteiger partial charge >= 0.3 is 0 Å². The van der Waals surface area contributed by atoms with Gasteiger partial charge in [0.05, 0.1) is 19.8 Å². The molecule has 5 fully saturated rings. The average molecular weight is 630 g/mol. The Hall–Kier alpha value is -2.56. The van der Waals surface area contributed by atoms with E-state index in [4.69, 9.17) is 47.4 Å². The Kier molecular flexibility index (Phi) is 8.44. The lowest BCUT2D eigenvalue weighted by Gasteiger charge is -2.46. The van der Waals surface area contributed by atoms with E-state index in [-0.39, 0.29) is 19.8 Å². The Balaban J connectivity index is 1.11. The second-order valence-electron chi connectivity index (χ2n) is 12.8. The third-order valence-corrected chi connectivity index (χ3v) is 8.58. The lowest BCUT2D eigenvalue weighted by molar-refractivity contribution is -0.580. The van der Waals surface area contributed by atoms with Crippen LogP contribution in [0.25, 0.3) is 0 Å². The summed E-state index contributed by atoms with van der Waals surface area (Å²) in [6.07, 6.45) is -7.50. The minimum absolute atomic E-state index is 0.0975. The van der Waals surface area contributed by atoms with Crippen molar-refractivity contribution in [3.8, 4) is 0 Å². The predicted molar refractivity (Wildman–Crippen MR) is 153 cm³/mol. The fourth-order valence-corrected chi connectivity index (χ4v) is 6.67. The molecule has 0 radical (unpaired) electrons. The molecule has 5 saturated heterocycles. The molecule has 0 bridgehead atoms. The number of hydrogen-bond donors (Lipinski definition) is 0. The molecule has 0 N–H and O–H groups in total. The first-order valence-electron chi connectivity index (χ1n) is 15.3. The van der Waals surface area contributed by atoms with Gasteiger partial charge in [0.25, 0.3) is 6.04 Å². The van der Waals surface area contributed by atoms with Crippen molar-refractivity contribution in [2.24, 2.45) is 0 Å². The van der Waals surface area contributed by atoms with E-state index in [9.17, 15) is 10.1 Å². The normalized spacial score (nSPS) is 39.9. The average Bonchev–Trinajstić information content (AvgIpc) is 3.52. The molecule has 13 heteroatoms. The fourth-order valence-electron chi connectivity index (χ4n) is 6.67. The molecule has 0 spiro atoms. The highest BCUT2D eigenvalue weighted by Crippen LogP contribution is 2.44. The summed E-state index contributed by atoms with van der Waals surface area (Å²) in [5.74, 6) is -1.78. The highest BCUT2D eigenvalue weighted by Gasteiger charge is 2.62. The van der Waals surface area contributed by atoms with Gasteiger partial charge in [-0.25, -0.2) is 0 Å². The third kappa shape index (κ3) is 6.39. The largest absolute Gasteiger partial charge is 0.363 e. The minimum atomic E-state index is -1.42.